The van der Waals surface area contributed by atoms with E-state index in [1.807, 2.05) is 6.92 Å². The van der Waals surface area contributed by atoms with Crippen LogP contribution < -0.4 is 10.6 Å². The first kappa shape index (κ1) is 16.0. The zero-order valence-corrected chi connectivity index (χ0v) is 13.8. The number of hydrogen-bond donors (Lipinski definition) is 2. The molecule has 2 rings (SSSR count). The number of aromatic nitrogens is 2. The molecule has 0 spiro atoms. The van der Waals surface area contributed by atoms with Gasteiger partial charge in [0.05, 0.1) is 10.0 Å². The van der Waals surface area contributed by atoms with Crippen molar-refractivity contribution >= 4 is 51.3 Å². The molecule has 1 aromatic heterocycles. The molecule has 2 N–H and O–H groups in total. The van der Waals surface area contributed by atoms with E-state index >= 15 is 0 Å². The first-order valence-electron chi connectivity index (χ1n) is 6.34. The number of nitrogens with zero attached hydrogens (tertiary/aromatic N) is 2. The first-order chi connectivity index (χ1) is 9.99. The maximum atomic E-state index is 12.1. The summed E-state index contributed by atoms with van der Waals surface area (Å²) in [5, 5.41) is 15.9. The van der Waals surface area contributed by atoms with E-state index in [1.54, 1.807) is 25.1 Å². The summed E-state index contributed by atoms with van der Waals surface area (Å²) in [7, 11) is 0. The van der Waals surface area contributed by atoms with Crippen LogP contribution in [0, 0.1) is 0 Å². The van der Waals surface area contributed by atoms with Crippen LogP contribution in [0.5, 0.6) is 0 Å². The van der Waals surface area contributed by atoms with Crippen molar-refractivity contribution in [2.24, 2.45) is 0 Å². The minimum Gasteiger partial charge on any atom is -0.374 e. The topological polar surface area (TPSA) is 66.9 Å². The standard InChI is InChI=1S/C13H14Cl2N4OS/c1-3-11-18-19-13(21-11)17-12(20)7(2)16-8-4-5-9(14)10(15)6-8/h4-7,16H,3H2,1-2H3,(H,17,19,20)/t7-/m1/s1. The Kier molecular flexibility index (Phi) is 5.39. The van der Waals surface area contributed by atoms with Crippen LogP contribution in [0.25, 0.3) is 0 Å². The average molecular weight is 345 g/mol. The van der Waals surface area contributed by atoms with Gasteiger partial charge in [-0.15, -0.1) is 10.2 Å². The molecule has 0 aliphatic rings. The lowest BCUT2D eigenvalue weighted by atomic mass is 10.2. The van der Waals surface area contributed by atoms with Crippen LogP contribution in [0.15, 0.2) is 18.2 Å². The van der Waals surface area contributed by atoms with Crippen LogP contribution in [0.3, 0.4) is 0 Å². The molecule has 1 amide bonds. The number of aryl methyl sites for hydroxylation is 1. The zero-order valence-electron chi connectivity index (χ0n) is 11.5. The number of rotatable bonds is 5. The van der Waals surface area contributed by atoms with Crippen molar-refractivity contribution in [2.75, 3.05) is 10.6 Å². The van der Waals surface area contributed by atoms with E-state index in [-0.39, 0.29) is 5.91 Å². The lowest BCUT2D eigenvalue weighted by Crippen LogP contribution is -2.31. The van der Waals surface area contributed by atoms with Gasteiger partial charge in [-0.25, -0.2) is 0 Å². The SMILES string of the molecule is CCc1nnc(NC(=O)[C@@H](C)Nc2ccc(Cl)c(Cl)c2)s1. The number of hydrogen-bond acceptors (Lipinski definition) is 5. The lowest BCUT2D eigenvalue weighted by molar-refractivity contribution is -0.116. The van der Waals surface area contributed by atoms with Gasteiger partial charge < -0.3 is 5.32 Å². The molecular weight excluding hydrogens is 331 g/mol. The molecule has 0 bridgehead atoms. The fourth-order valence-corrected chi connectivity index (χ4v) is 2.54. The van der Waals surface area contributed by atoms with Gasteiger partial charge in [-0.2, -0.15) is 0 Å². The van der Waals surface area contributed by atoms with Gasteiger partial charge >= 0.3 is 0 Å². The quantitative estimate of drug-likeness (QED) is 0.864. The van der Waals surface area contributed by atoms with Crippen LogP contribution in [0.1, 0.15) is 18.9 Å². The van der Waals surface area contributed by atoms with E-state index in [4.69, 9.17) is 23.2 Å². The van der Waals surface area contributed by atoms with Crippen molar-refractivity contribution in [1.29, 1.82) is 0 Å². The Hall–Kier alpha value is -1.37. The molecule has 0 saturated heterocycles. The second-order valence-corrected chi connectivity index (χ2v) is 6.22. The maximum absolute atomic E-state index is 12.1. The fourth-order valence-electron chi connectivity index (χ4n) is 1.56. The van der Waals surface area contributed by atoms with Crippen molar-refractivity contribution in [2.45, 2.75) is 26.3 Å². The molecule has 0 fully saturated rings. The van der Waals surface area contributed by atoms with Crippen LogP contribution in [-0.2, 0) is 11.2 Å². The number of anilines is 2. The monoisotopic (exact) mass is 344 g/mol. The van der Waals surface area contributed by atoms with Crippen LogP contribution >= 0.6 is 34.5 Å². The molecule has 5 nitrogen and oxygen atoms in total. The van der Waals surface area contributed by atoms with E-state index in [0.29, 0.717) is 15.2 Å². The largest absolute Gasteiger partial charge is 0.374 e. The first-order valence-corrected chi connectivity index (χ1v) is 7.91. The van der Waals surface area contributed by atoms with Gasteiger partial charge in [0.15, 0.2) is 0 Å². The molecule has 21 heavy (non-hydrogen) atoms. The van der Waals surface area contributed by atoms with Gasteiger partial charge in [0, 0.05) is 5.69 Å². The van der Waals surface area contributed by atoms with Crippen molar-refractivity contribution in [3.05, 3.63) is 33.3 Å². The van der Waals surface area contributed by atoms with Crippen molar-refractivity contribution in [1.82, 2.24) is 10.2 Å². The summed E-state index contributed by atoms with van der Waals surface area (Å²) in [5.74, 6) is -0.195. The maximum Gasteiger partial charge on any atom is 0.248 e. The number of halogens is 2. The average Bonchev–Trinajstić information content (AvgIpc) is 2.90. The molecule has 1 heterocycles. The Morgan fingerprint density at radius 1 is 1.33 bits per heavy atom. The van der Waals surface area contributed by atoms with E-state index in [0.717, 1.165) is 17.1 Å². The van der Waals surface area contributed by atoms with Gasteiger partial charge in [0.25, 0.3) is 0 Å². The normalized spacial score (nSPS) is 12.0. The van der Waals surface area contributed by atoms with E-state index in [9.17, 15) is 4.79 Å². The Morgan fingerprint density at radius 3 is 2.71 bits per heavy atom. The van der Waals surface area contributed by atoms with Crippen molar-refractivity contribution in [3.63, 3.8) is 0 Å². The number of nitrogens with one attached hydrogen (secondary N) is 2. The summed E-state index contributed by atoms with van der Waals surface area (Å²) < 4.78 is 0. The van der Waals surface area contributed by atoms with E-state index in [2.05, 4.69) is 20.8 Å². The summed E-state index contributed by atoms with van der Waals surface area (Å²) in [6.45, 7) is 3.74. The van der Waals surface area contributed by atoms with Gasteiger partial charge in [-0.1, -0.05) is 41.5 Å². The predicted molar refractivity (Wildman–Crippen MR) is 87.5 cm³/mol. The minimum atomic E-state index is -0.448. The van der Waals surface area contributed by atoms with E-state index < -0.39 is 6.04 Å². The number of benzene rings is 1. The molecule has 0 radical (unpaired) electrons. The van der Waals surface area contributed by atoms with Crippen molar-refractivity contribution < 1.29 is 4.79 Å². The second-order valence-electron chi connectivity index (χ2n) is 4.34. The highest BCUT2D eigenvalue weighted by Gasteiger charge is 2.15. The van der Waals surface area contributed by atoms with Gasteiger partial charge in [0.1, 0.15) is 11.0 Å². The van der Waals surface area contributed by atoms with Crippen molar-refractivity contribution in [3.8, 4) is 0 Å². The minimum absolute atomic E-state index is 0.195. The molecule has 0 unspecified atom stereocenters. The third-order valence-electron chi connectivity index (χ3n) is 2.70. The van der Waals surface area contributed by atoms with Gasteiger partial charge in [0.2, 0.25) is 11.0 Å². The fraction of sp³-hybridized carbons (Fsp3) is 0.308. The third kappa shape index (κ3) is 4.30. The number of carbonyl (C=O) groups is 1. The van der Waals surface area contributed by atoms with Gasteiger partial charge in [-0.05, 0) is 31.5 Å². The Labute approximate surface area is 136 Å². The summed E-state index contributed by atoms with van der Waals surface area (Å²) in [6, 6.07) is 4.66. The number of carbonyl (C=O) groups excluding carboxylic acids is 1. The summed E-state index contributed by atoms with van der Waals surface area (Å²) in [4.78, 5) is 12.1. The molecule has 112 valence electrons. The smallest absolute Gasteiger partial charge is 0.248 e. The highest BCUT2D eigenvalue weighted by molar-refractivity contribution is 7.15. The molecule has 1 aromatic carbocycles. The zero-order chi connectivity index (χ0) is 15.4. The molecule has 0 aliphatic heterocycles. The van der Waals surface area contributed by atoms with Crippen LogP contribution in [0.2, 0.25) is 10.0 Å². The molecule has 2 aromatic rings. The highest BCUT2D eigenvalue weighted by atomic mass is 35.5. The van der Waals surface area contributed by atoms with Crippen LogP contribution in [-0.4, -0.2) is 22.1 Å². The Balaban J connectivity index is 1.97. The molecule has 0 aliphatic carbocycles. The third-order valence-corrected chi connectivity index (χ3v) is 4.42. The molecule has 1 atom stereocenters. The number of amides is 1. The lowest BCUT2D eigenvalue weighted by Gasteiger charge is -2.14. The molecule has 8 heteroatoms. The van der Waals surface area contributed by atoms with Gasteiger partial charge in [-0.3, -0.25) is 10.1 Å². The Morgan fingerprint density at radius 2 is 2.10 bits per heavy atom. The molecule has 0 saturated carbocycles. The van der Waals surface area contributed by atoms with E-state index in [1.165, 1.54) is 11.3 Å². The second kappa shape index (κ2) is 7.06. The van der Waals surface area contributed by atoms with Crippen LogP contribution in [0.4, 0.5) is 10.8 Å². The highest BCUT2D eigenvalue weighted by Crippen LogP contribution is 2.25. The molecular formula is C13H14Cl2N4OS. The summed E-state index contributed by atoms with van der Waals surface area (Å²) in [5.41, 5.74) is 0.721. The Bertz CT molecular complexity index is 647. The predicted octanol–water partition coefficient (Wildman–Crippen LogP) is 3.85. The summed E-state index contributed by atoms with van der Waals surface area (Å²) >= 11 is 13.2. The summed E-state index contributed by atoms with van der Waals surface area (Å²) in [6.07, 6.45) is 0.796.